The molecule has 0 spiro atoms. The summed E-state index contributed by atoms with van der Waals surface area (Å²) in [5.41, 5.74) is 4.50. The van der Waals surface area contributed by atoms with Gasteiger partial charge in [-0.05, 0) is 79.3 Å². The van der Waals surface area contributed by atoms with E-state index in [1.165, 1.54) is 4.90 Å². The molecule has 4 rings (SSSR count). The third-order valence-electron chi connectivity index (χ3n) is 7.64. The maximum absolute atomic E-state index is 14.6. The number of amides is 2. The maximum Gasteiger partial charge on any atom is 0.264 e. The van der Waals surface area contributed by atoms with Gasteiger partial charge in [-0.15, -0.1) is 0 Å². The minimum atomic E-state index is -4.18. The summed E-state index contributed by atoms with van der Waals surface area (Å²) in [5, 5.41) is 3.45. The van der Waals surface area contributed by atoms with Crippen LogP contribution in [0.15, 0.2) is 102 Å². The van der Waals surface area contributed by atoms with E-state index in [4.69, 9.17) is 11.6 Å². The van der Waals surface area contributed by atoms with Gasteiger partial charge in [-0.3, -0.25) is 13.9 Å². The molecule has 1 atom stereocenters. The van der Waals surface area contributed by atoms with Gasteiger partial charge >= 0.3 is 0 Å². The summed E-state index contributed by atoms with van der Waals surface area (Å²) in [5.74, 6) is -0.665. The Morgan fingerprint density at radius 2 is 1.41 bits per heavy atom. The first kappa shape index (κ1) is 34.7. The van der Waals surface area contributed by atoms with E-state index in [9.17, 15) is 18.0 Å². The number of nitrogens with zero attached hydrogens (tertiary/aromatic N) is 2. The average Bonchev–Trinajstić information content (AvgIpc) is 3.01. The average molecular weight is 660 g/mol. The van der Waals surface area contributed by atoms with E-state index in [1.807, 2.05) is 77.1 Å². The lowest BCUT2D eigenvalue weighted by atomic mass is 10.0. The van der Waals surface area contributed by atoms with Crippen molar-refractivity contribution in [1.29, 1.82) is 0 Å². The quantitative estimate of drug-likeness (QED) is 0.170. The summed E-state index contributed by atoms with van der Waals surface area (Å²) in [7, 11) is -4.18. The second-order valence-corrected chi connectivity index (χ2v) is 14.4. The summed E-state index contributed by atoms with van der Waals surface area (Å²) in [6.07, 6.45) is 0.231. The van der Waals surface area contributed by atoms with Gasteiger partial charge in [0, 0.05) is 24.5 Å². The minimum absolute atomic E-state index is 0.0103. The highest BCUT2D eigenvalue weighted by atomic mass is 35.5. The highest BCUT2D eigenvalue weighted by Gasteiger charge is 2.35. The first-order chi connectivity index (χ1) is 21.8. The Morgan fingerprint density at radius 1 is 0.804 bits per heavy atom. The van der Waals surface area contributed by atoms with E-state index in [2.05, 4.69) is 5.32 Å². The van der Waals surface area contributed by atoms with Crippen LogP contribution in [-0.2, 0) is 32.6 Å². The molecule has 4 aromatic carbocycles. The molecule has 0 radical (unpaired) electrons. The van der Waals surface area contributed by atoms with Gasteiger partial charge < -0.3 is 10.2 Å². The molecule has 0 aliphatic carbocycles. The third kappa shape index (κ3) is 8.98. The molecule has 2 amide bonds. The van der Waals surface area contributed by atoms with Gasteiger partial charge in [0.05, 0.1) is 10.6 Å². The molecule has 9 heteroatoms. The van der Waals surface area contributed by atoms with Gasteiger partial charge in [0.1, 0.15) is 12.6 Å². The van der Waals surface area contributed by atoms with Crippen molar-refractivity contribution in [3.8, 4) is 0 Å². The summed E-state index contributed by atoms with van der Waals surface area (Å²) in [6.45, 7) is 9.55. The van der Waals surface area contributed by atoms with Gasteiger partial charge in [0.25, 0.3) is 10.0 Å². The molecule has 1 N–H and O–H groups in total. The van der Waals surface area contributed by atoms with Gasteiger partial charge in [-0.1, -0.05) is 97.7 Å². The molecule has 0 aliphatic rings. The SMILES string of the molecule is Cc1ccc(S(=O)(=O)N(CC(=O)N(Cc2ccccc2Cl)[C@@H](Cc2ccccc2)C(=O)NCC(C)C)c2cc(C)cc(C)c2)cc1. The van der Waals surface area contributed by atoms with Crippen LogP contribution in [0.1, 0.15) is 41.7 Å². The lowest BCUT2D eigenvalue weighted by Crippen LogP contribution is -2.53. The van der Waals surface area contributed by atoms with Crippen LogP contribution in [0.5, 0.6) is 0 Å². The highest BCUT2D eigenvalue weighted by molar-refractivity contribution is 7.92. The summed E-state index contributed by atoms with van der Waals surface area (Å²) >= 11 is 6.58. The summed E-state index contributed by atoms with van der Waals surface area (Å²) in [4.78, 5) is 30.0. The van der Waals surface area contributed by atoms with Gasteiger partial charge in [-0.2, -0.15) is 0 Å². The van der Waals surface area contributed by atoms with Crippen LogP contribution in [-0.4, -0.2) is 44.3 Å². The Morgan fingerprint density at radius 3 is 2.02 bits per heavy atom. The molecule has 0 saturated heterocycles. The highest BCUT2D eigenvalue weighted by Crippen LogP contribution is 2.28. The van der Waals surface area contributed by atoms with Gasteiger partial charge in [0.2, 0.25) is 11.8 Å². The van der Waals surface area contributed by atoms with E-state index in [0.29, 0.717) is 22.8 Å². The van der Waals surface area contributed by atoms with Crippen molar-refractivity contribution >= 4 is 39.1 Å². The van der Waals surface area contributed by atoms with Crippen molar-refractivity contribution < 1.29 is 18.0 Å². The number of halogens is 1. The van der Waals surface area contributed by atoms with Crippen molar-refractivity contribution in [3.63, 3.8) is 0 Å². The number of aryl methyl sites for hydroxylation is 3. The van der Waals surface area contributed by atoms with E-state index >= 15 is 0 Å². The molecule has 0 aromatic heterocycles. The van der Waals surface area contributed by atoms with Crippen LogP contribution in [0.25, 0.3) is 0 Å². The Hall–Kier alpha value is -4.14. The number of hydrogen-bond acceptors (Lipinski definition) is 4. The Balaban J connectivity index is 1.83. The Kier molecular flexibility index (Phi) is 11.7. The zero-order valence-corrected chi connectivity index (χ0v) is 28.6. The van der Waals surface area contributed by atoms with E-state index < -0.39 is 28.5 Å². The Bertz CT molecular complexity index is 1740. The largest absolute Gasteiger partial charge is 0.354 e. The van der Waals surface area contributed by atoms with Crippen molar-refractivity contribution in [3.05, 3.63) is 130 Å². The zero-order chi connectivity index (χ0) is 33.4. The molecule has 0 bridgehead atoms. The number of hydrogen-bond donors (Lipinski definition) is 1. The topological polar surface area (TPSA) is 86.8 Å². The van der Waals surface area contributed by atoms with Crippen molar-refractivity contribution in [2.24, 2.45) is 5.92 Å². The first-order valence-electron chi connectivity index (χ1n) is 15.4. The number of carbonyl (C=O) groups is 2. The molecular formula is C37H42ClN3O4S. The maximum atomic E-state index is 14.6. The lowest BCUT2D eigenvalue weighted by molar-refractivity contribution is -0.140. The fourth-order valence-electron chi connectivity index (χ4n) is 5.25. The number of nitrogens with one attached hydrogen (secondary N) is 1. The second-order valence-electron chi connectivity index (χ2n) is 12.1. The molecular weight excluding hydrogens is 618 g/mol. The molecule has 0 heterocycles. The number of sulfonamides is 1. The summed E-state index contributed by atoms with van der Waals surface area (Å²) in [6, 6.07) is 27.7. The van der Waals surface area contributed by atoms with Gasteiger partial charge in [-0.25, -0.2) is 8.42 Å². The van der Waals surface area contributed by atoms with Crippen molar-refractivity contribution in [2.75, 3.05) is 17.4 Å². The van der Waals surface area contributed by atoms with Crippen LogP contribution >= 0.6 is 11.6 Å². The number of anilines is 1. The molecule has 7 nitrogen and oxygen atoms in total. The van der Waals surface area contributed by atoms with Crippen molar-refractivity contribution in [1.82, 2.24) is 10.2 Å². The molecule has 242 valence electrons. The predicted molar refractivity (Wildman–Crippen MR) is 185 cm³/mol. The Labute approximate surface area is 278 Å². The van der Waals surface area contributed by atoms with Gasteiger partial charge in [0.15, 0.2) is 0 Å². The monoisotopic (exact) mass is 659 g/mol. The van der Waals surface area contributed by atoms with Crippen LogP contribution in [0.2, 0.25) is 5.02 Å². The molecule has 46 heavy (non-hydrogen) atoms. The smallest absolute Gasteiger partial charge is 0.264 e. The van der Waals surface area contributed by atoms with E-state index in [1.54, 1.807) is 54.6 Å². The zero-order valence-electron chi connectivity index (χ0n) is 27.0. The first-order valence-corrected chi connectivity index (χ1v) is 17.2. The third-order valence-corrected chi connectivity index (χ3v) is 9.79. The summed E-state index contributed by atoms with van der Waals surface area (Å²) < 4.78 is 29.7. The van der Waals surface area contributed by atoms with Crippen LogP contribution in [0.3, 0.4) is 0 Å². The molecule has 0 saturated carbocycles. The molecule has 0 unspecified atom stereocenters. The molecule has 0 aliphatic heterocycles. The number of benzene rings is 4. The molecule has 0 fully saturated rings. The van der Waals surface area contributed by atoms with Crippen molar-refractivity contribution in [2.45, 2.75) is 58.5 Å². The predicted octanol–water partition coefficient (Wildman–Crippen LogP) is 6.87. The van der Waals surface area contributed by atoms with E-state index in [-0.39, 0.29) is 29.7 Å². The van der Waals surface area contributed by atoms with E-state index in [0.717, 1.165) is 26.6 Å². The molecule has 4 aromatic rings. The minimum Gasteiger partial charge on any atom is -0.354 e. The number of rotatable bonds is 13. The second kappa shape index (κ2) is 15.4. The fraction of sp³-hybridized carbons (Fsp3) is 0.297. The van der Waals surface area contributed by atoms with Crippen LogP contribution in [0, 0.1) is 26.7 Å². The normalized spacial score (nSPS) is 12.1. The van der Waals surface area contributed by atoms with Crippen LogP contribution < -0.4 is 9.62 Å². The number of carbonyl (C=O) groups excluding carboxylic acids is 2. The standard InChI is InChI=1S/C37H42ClN3O4S/c1-26(2)23-39-37(43)35(22-30-11-7-6-8-12-30)40(24-31-13-9-10-14-34(31)38)36(42)25-41(32-20-28(4)19-29(5)21-32)46(44,45)33-17-15-27(3)16-18-33/h6-21,26,35H,22-25H2,1-5H3,(H,39,43)/t35-/m0/s1. The van der Waals surface area contributed by atoms with Crippen LogP contribution in [0.4, 0.5) is 5.69 Å². The fourth-order valence-corrected chi connectivity index (χ4v) is 6.84. The lowest BCUT2D eigenvalue weighted by Gasteiger charge is -2.34.